The summed E-state index contributed by atoms with van der Waals surface area (Å²) in [6.45, 7) is 3.45. The molecule has 25 heavy (non-hydrogen) atoms. The number of nitriles is 1. The molecule has 5 heteroatoms. The molecule has 0 aromatic heterocycles. The number of nitrogens with zero attached hydrogens (tertiary/aromatic N) is 1. The van der Waals surface area contributed by atoms with E-state index in [-0.39, 0.29) is 0 Å². The minimum Gasteiger partial charge on any atom is -0.449 e. The van der Waals surface area contributed by atoms with E-state index >= 15 is 0 Å². The van der Waals surface area contributed by atoms with Crippen molar-refractivity contribution in [1.82, 2.24) is 0 Å². The average Bonchev–Trinajstić information content (AvgIpc) is 2.60. The first-order valence-electron chi connectivity index (χ1n) is 7.74. The van der Waals surface area contributed by atoms with Gasteiger partial charge >= 0.3 is 5.97 Å². The normalized spacial score (nSPS) is 11.6. The monoisotopic (exact) mass is 334 g/mol. The van der Waals surface area contributed by atoms with Gasteiger partial charge in [-0.1, -0.05) is 35.9 Å². The molecule has 2 aromatic rings. The largest absolute Gasteiger partial charge is 0.449 e. The highest BCUT2D eigenvalue weighted by atomic mass is 16.5. The number of carbonyl (C=O) groups is 2. The van der Waals surface area contributed by atoms with Crippen LogP contribution in [0, 0.1) is 18.3 Å². The highest BCUT2D eigenvalue weighted by Gasteiger charge is 2.16. The van der Waals surface area contributed by atoms with E-state index in [1.807, 2.05) is 37.3 Å². The molecule has 1 amide bonds. The minimum atomic E-state index is -0.958. The third-order valence-electron chi connectivity index (χ3n) is 3.38. The van der Waals surface area contributed by atoms with Gasteiger partial charge in [-0.3, -0.25) is 4.79 Å². The summed E-state index contributed by atoms with van der Waals surface area (Å²) in [5.74, 6) is -1.07. The topological polar surface area (TPSA) is 79.2 Å². The van der Waals surface area contributed by atoms with E-state index in [1.54, 1.807) is 30.3 Å². The molecule has 0 aliphatic rings. The molecule has 0 spiro atoms. The number of nitrogens with one attached hydrogen (secondary N) is 1. The van der Waals surface area contributed by atoms with Crippen LogP contribution in [0.25, 0.3) is 6.08 Å². The lowest BCUT2D eigenvalue weighted by atomic mass is 10.1. The molecule has 0 bridgehead atoms. The maximum atomic E-state index is 12.1. The van der Waals surface area contributed by atoms with Crippen LogP contribution in [0.1, 0.15) is 23.6 Å². The number of amides is 1. The Balaban J connectivity index is 1.91. The van der Waals surface area contributed by atoms with Crippen LogP contribution in [0.15, 0.2) is 54.6 Å². The number of hydrogen-bond acceptors (Lipinski definition) is 4. The van der Waals surface area contributed by atoms with Crippen LogP contribution < -0.4 is 5.32 Å². The van der Waals surface area contributed by atoms with Gasteiger partial charge in [-0.15, -0.1) is 0 Å². The van der Waals surface area contributed by atoms with E-state index < -0.39 is 18.0 Å². The third-order valence-corrected chi connectivity index (χ3v) is 3.38. The Morgan fingerprint density at radius 3 is 2.68 bits per heavy atom. The molecule has 0 aliphatic carbocycles. The first-order valence-corrected chi connectivity index (χ1v) is 7.74. The zero-order chi connectivity index (χ0) is 18.2. The second-order valence-corrected chi connectivity index (χ2v) is 5.51. The summed E-state index contributed by atoms with van der Waals surface area (Å²) in [6, 6.07) is 16.2. The lowest BCUT2D eigenvalue weighted by Gasteiger charge is -2.12. The van der Waals surface area contributed by atoms with Gasteiger partial charge in [0.2, 0.25) is 0 Å². The van der Waals surface area contributed by atoms with Crippen LogP contribution in [0.4, 0.5) is 5.69 Å². The number of aryl methyl sites for hydroxylation is 1. The highest BCUT2D eigenvalue weighted by molar-refractivity contribution is 5.96. The minimum absolute atomic E-state index is 0.434. The Labute approximate surface area is 146 Å². The van der Waals surface area contributed by atoms with Gasteiger partial charge in [0.05, 0.1) is 11.6 Å². The van der Waals surface area contributed by atoms with Crippen molar-refractivity contribution >= 4 is 23.6 Å². The summed E-state index contributed by atoms with van der Waals surface area (Å²) < 4.78 is 5.09. The van der Waals surface area contributed by atoms with Crippen molar-refractivity contribution in [1.29, 1.82) is 5.26 Å². The number of anilines is 1. The molecule has 0 saturated carbocycles. The van der Waals surface area contributed by atoms with E-state index in [0.717, 1.165) is 11.1 Å². The fraction of sp³-hybridized carbons (Fsp3) is 0.150. The molecule has 2 aromatic carbocycles. The highest BCUT2D eigenvalue weighted by Crippen LogP contribution is 2.11. The number of rotatable bonds is 5. The van der Waals surface area contributed by atoms with Gasteiger partial charge in [0.25, 0.3) is 5.91 Å². The van der Waals surface area contributed by atoms with Gasteiger partial charge in [-0.2, -0.15) is 5.26 Å². The van der Waals surface area contributed by atoms with Gasteiger partial charge in [0.1, 0.15) is 0 Å². The summed E-state index contributed by atoms with van der Waals surface area (Å²) >= 11 is 0. The van der Waals surface area contributed by atoms with Crippen LogP contribution in [0.2, 0.25) is 0 Å². The van der Waals surface area contributed by atoms with Crippen LogP contribution in [0.3, 0.4) is 0 Å². The predicted octanol–water partition coefficient (Wildman–Crippen LogP) is 3.45. The summed E-state index contributed by atoms with van der Waals surface area (Å²) in [4.78, 5) is 23.9. The van der Waals surface area contributed by atoms with Crippen molar-refractivity contribution in [3.05, 3.63) is 71.3 Å². The molecule has 0 heterocycles. The van der Waals surface area contributed by atoms with E-state index in [1.165, 1.54) is 13.0 Å². The van der Waals surface area contributed by atoms with Crippen LogP contribution in [-0.4, -0.2) is 18.0 Å². The quantitative estimate of drug-likeness (QED) is 0.671. The van der Waals surface area contributed by atoms with Crippen LogP contribution in [0.5, 0.6) is 0 Å². The third kappa shape index (κ3) is 5.63. The Morgan fingerprint density at radius 2 is 1.96 bits per heavy atom. The van der Waals surface area contributed by atoms with Crippen LogP contribution >= 0.6 is 0 Å². The maximum Gasteiger partial charge on any atom is 0.331 e. The fourth-order valence-electron chi connectivity index (χ4n) is 2.12. The molecule has 5 nitrogen and oxygen atoms in total. The van der Waals surface area contributed by atoms with Crippen molar-refractivity contribution < 1.29 is 14.3 Å². The number of ether oxygens (including phenoxy) is 1. The Kier molecular flexibility index (Phi) is 6.08. The number of esters is 1. The zero-order valence-electron chi connectivity index (χ0n) is 14.0. The molecule has 1 atom stereocenters. The lowest BCUT2D eigenvalue weighted by molar-refractivity contribution is -0.148. The summed E-state index contributed by atoms with van der Waals surface area (Å²) in [6.07, 6.45) is 1.96. The second kappa shape index (κ2) is 8.46. The van der Waals surface area contributed by atoms with Crippen molar-refractivity contribution in [3.63, 3.8) is 0 Å². The van der Waals surface area contributed by atoms with E-state index in [4.69, 9.17) is 10.00 Å². The Hall–Kier alpha value is -3.39. The van der Waals surface area contributed by atoms with Crippen molar-refractivity contribution in [2.45, 2.75) is 20.0 Å². The maximum absolute atomic E-state index is 12.1. The fourth-order valence-corrected chi connectivity index (χ4v) is 2.12. The number of benzene rings is 2. The molecule has 126 valence electrons. The van der Waals surface area contributed by atoms with Gasteiger partial charge < -0.3 is 10.1 Å². The van der Waals surface area contributed by atoms with Crippen molar-refractivity contribution in [3.8, 4) is 6.07 Å². The standard InChI is InChI=1S/C20H18N2O3/c1-14-5-3-6-16(11-14)9-10-19(23)25-15(2)20(24)22-18-8-4-7-17(12-18)13-21/h3-12,15H,1-2H3,(H,22,24)/b10-9+/t15-/m0/s1. The Morgan fingerprint density at radius 1 is 1.20 bits per heavy atom. The smallest absolute Gasteiger partial charge is 0.331 e. The molecule has 2 rings (SSSR count). The first-order chi connectivity index (χ1) is 12.0. The van der Waals surface area contributed by atoms with Crippen molar-refractivity contribution in [2.75, 3.05) is 5.32 Å². The van der Waals surface area contributed by atoms with Gasteiger partial charge in [0.15, 0.2) is 6.10 Å². The lowest BCUT2D eigenvalue weighted by Crippen LogP contribution is -2.29. The Bertz CT molecular complexity index is 850. The van der Waals surface area contributed by atoms with Crippen LogP contribution in [-0.2, 0) is 14.3 Å². The number of hydrogen-bond donors (Lipinski definition) is 1. The first kappa shape index (κ1) is 18.0. The molecule has 0 radical (unpaired) electrons. The number of carbonyl (C=O) groups excluding carboxylic acids is 2. The summed E-state index contributed by atoms with van der Waals surface area (Å²) in [5.41, 5.74) is 2.87. The van der Waals surface area contributed by atoms with Gasteiger partial charge in [-0.05, 0) is 43.7 Å². The van der Waals surface area contributed by atoms with Gasteiger partial charge in [-0.25, -0.2) is 4.79 Å². The van der Waals surface area contributed by atoms with E-state index in [9.17, 15) is 9.59 Å². The zero-order valence-corrected chi connectivity index (χ0v) is 14.0. The van der Waals surface area contributed by atoms with E-state index in [2.05, 4.69) is 5.32 Å². The molecule has 1 N–H and O–H groups in total. The van der Waals surface area contributed by atoms with E-state index in [0.29, 0.717) is 11.3 Å². The molecule has 0 aliphatic heterocycles. The summed E-state index contributed by atoms with van der Waals surface area (Å²) in [5, 5.41) is 11.5. The summed E-state index contributed by atoms with van der Waals surface area (Å²) in [7, 11) is 0. The van der Waals surface area contributed by atoms with Crippen molar-refractivity contribution in [2.24, 2.45) is 0 Å². The molecular formula is C20H18N2O3. The van der Waals surface area contributed by atoms with Gasteiger partial charge in [0, 0.05) is 11.8 Å². The predicted molar refractivity (Wildman–Crippen MR) is 95.6 cm³/mol. The molecule has 0 fully saturated rings. The molecule has 0 unspecified atom stereocenters. The molecular weight excluding hydrogens is 316 g/mol. The second-order valence-electron chi connectivity index (χ2n) is 5.51. The average molecular weight is 334 g/mol. The SMILES string of the molecule is Cc1cccc(/C=C/C(=O)O[C@@H](C)C(=O)Nc2cccc(C#N)c2)c1. The molecule has 0 saturated heterocycles.